The summed E-state index contributed by atoms with van der Waals surface area (Å²) < 4.78 is 45.1. The third kappa shape index (κ3) is 10.4. The van der Waals surface area contributed by atoms with Crippen LogP contribution >= 0.6 is 11.6 Å². The molecule has 0 bridgehead atoms. The third-order valence-corrected chi connectivity index (χ3v) is 8.10. The number of carbonyl (C=O) groups excluding carboxylic acids is 3. The maximum absolute atomic E-state index is 13.1. The van der Waals surface area contributed by atoms with Crippen molar-refractivity contribution in [2.24, 2.45) is 5.92 Å². The van der Waals surface area contributed by atoms with Gasteiger partial charge in [-0.25, -0.2) is 4.79 Å². The van der Waals surface area contributed by atoms with Crippen molar-refractivity contribution in [3.05, 3.63) is 107 Å². The second-order valence-corrected chi connectivity index (χ2v) is 11.9. The molecule has 2 aromatic heterocycles. The van der Waals surface area contributed by atoms with Gasteiger partial charge in [0.25, 0.3) is 5.91 Å². The first kappa shape index (κ1) is 35.1. The number of urea groups is 1. The van der Waals surface area contributed by atoms with Crippen LogP contribution in [0, 0.1) is 5.92 Å². The molecule has 4 amide bonds. The van der Waals surface area contributed by atoms with Crippen molar-refractivity contribution in [3.63, 3.8) is 0 Å². The monoisotopic (exact) mass is 694 g/mol. The number of unbranched alkanes of at least 4 members (excludes halogenated alkanes) is 3. The number of aromatic nitrogens is 2. The van der Waals surface area contributed by atoms with E-state index < -0.39 is 22.8 Å². The zero-order valence-electron chi connectivity index (χ0n) is 26.2. The first-order chi connectivity index (χ1) is 23.6. The van der Waals surface area contributed by atoms with E-state index >= 15 is 0 Å². The Labute approximate surface area is 285 Å². The largest absolute Gasteiger partial charge is 0.457 e. The number of nitrogens with one attached hydrogen (secondary N) is 4. The SMILES string of the molecule is O=C(Nc1ccc(Oc2ccnc(C(=O)NCCCCCCNC(=O)C3CC3c3cccnc3)c2)cc1)Nc1ccc(Cl)c(C(F)(F)F)c1. The molecule has 49 heavy (non-hydrogen) atoms. The normalized spacial score (nSPS) is 15.2. The van der Waals surface area contributed by atoms with Crippen LogP contribution in [0.2, 0.25) is 5.02 Å². The molecule has 0 aliphatic heterocycles. The standard InChI is InChI=1S/C35H34ClF3N6O4/c36-30-12-9-24(18-29(30)35(37,38)39)45-34(48)44-23-7-10-25(11-8-23)49-26-13-17-41-31(19-26)33(47)43-16-4-2-1-3-15-42-32(46)28-20-27(28)22-6-5-14-40-21-22/h5-14,17-19,21,27-28H,1-4,15-16,20H2,(H,42,46)(H,43,47)(H2,44,45,48). The Morgan fingerprint density at radius 3 is 2.27 bits per heavy atom. The van der Waals surface area contributed by atoms with Gasteiger partial charge in [0.15, 0.2) is 0 Å². The lowest BCUT2D eigenvalue weighted by atomic mass is 10.1. The van der Waals surface area contributed by atoms with Crippen molar-refractivity contribution >= 4 is 40.8 Å². The minimum atomic E-state index is -4.66. The number of rotatable bonds is 14. The summed E-state index contributed by atoms with van der Waals surface area (Å²) in [7, 11) is 0. The number of nitrogens with zero attached hydrogens (tertiary/aromatic N) is 2. The van der Waals surface area contributed by atoms with Gasteiger partial charge in [0.1, 0.15) is 17.2 Å². The predicted octanol–water partition coefficient (Wildman–Crippen LogP) is 7.80. The smallest absolute Gasteiger partial charge is 0.417 e. The number of benzene rings is 2. The Bertz CT molecular complexity index is 1760. The Balaban J connectivity index is 0.975. The van der Waals surface area contributed by atoms with Gasteiger partial charge in [-0.1, -0.05) is 30.5 Å². The molecular weight excluding hydrogens is 661 g/mol. The minimum absolute atomic E-state index is 0.0346. The van der Waals surface area contributed by atoms with E-state index in [0.717, 1.165) is 49.8 Å². The number of carbonyl (C=O) groups is 3. The van der Waals surface area contributed by atoms with E-state index in [1.54, 1.807) is 36.5 Å². The van der Waals surface area contributed by atoms with Crippen molar-refractivity contribution < 1.29 is 32.3 Å². The summed E-state index contributed by atoms with van der Waals surface area (Å²) in [5.74, 6) is 0.857. The molecule has 2 heterocycles. The molecular formula is C35H34ClF3N6O4. The molecule has 1 aliphatic carbocycles. The molecule has 4 aromatic rings. The number of alkyl halides is 3. The van der Waals surface area contributed by atoms with Crippen LogP contribution < -0.4 is 26.0 Å². The van der Waals surface area contributed by atoms with E-state index in [2.05, 4.69) is 31.2 Å². The highest BCUT2D eigenvalue weighted by Crippen LogP contribution is 2.47. The van der Waals surface area contributed by atoms with E-state index in [-0.39, 0.29) is 35.0 Å². The summed E-state index contributed by atoms with van der Waals surface area (Å²) >= 11 is 5.62. The molecule has 4 N–H and O–H groups in total. The lowest BCUT2D eigenvalue weighted by Gasteiger charge is -2.12. The van der Waals surface area contributed by atoms with Crippen LogP contribution in [0.3, 0.4) is 0 Å². The molecule has 1 aliphatic rings. The molecule has 2 unspecified atom stereocenters. The molecule has 5 rings (SSSR count). The molecule has 2 aromatic carbocycles. The number of pyridine rings is 2. The number of ether oxygens (including phenoxy) is 1. The van der Waals surface area contributed by atoms with Crippen molar-refractivity contribution in [3.8, 4) is 11.5 Å². The summed E-state index contributed by atoms with van der Waals surface area (Å²) in [6.45, 7) is 1.11. The minimum Gasteiger partial charge on any atom is -0.457 e. The lowest BCUT2D eigenvalue weighted by Crippen LogP contribution is -2.26. The van der Waals surface area contributed by atoms with Crippen LogP contribution in [0.4, 0.5) is 29.3 Å². The summed E-state index contributed by atoms with van der Waals surface area (Å²) in [6.07, 6.45) is 4.70. The lowest BCUT2D eigenvalue weighted by molar-refractivity contribution is -0.137. The maximum atomic E-state index is 13.1. The molecule has 1 fully saturated rings. The second-order valence-electron chi connectivity index (χ2n) is 11.5. The topological polar surface area (TPSA) is 134 Å². The summed E-state index contributed by atoms with van der Waals surface area (Å²) in [5.41, 5.74) is 0.534. The van der Waals surface area contributed by atoms with Crippen molar-refractivity contribution in [2.75, 3.05) is 23.7 Å². The number of hydrogen-bond acceptors (Lipinski definition) is 6. The zero-order chi connectivity index (χ0) is 34.8. The fourth-order valence-electron chi connectivity index (χ4n) is 5.14. The molecule has 10 nitrogen and oxygen atoms in total. The molecule has 2 atom stereocenters. The third-order valence-electron chi connectivity index (χ3n) is 7.77. The van der Waals surface area contributed by atoms with Crippen LogP contribution in [0.5, 0.6) is 11.5 Å². The number of hydrogen-bond donors (Lipinski definition) is 4. The Morgan fingerprint density at radius 1 is 0.837 bits per heavy atom. The van der Waals surface area contributed by atoms with Crippen LogP contribution in [0.25, 0.3) is 0 Å². The second kappa shape index (κ2) is 16.3. The Kier molecular flexibility index (Phi) is 11.7. The van der Waals surface area contributed by atoms with Gasteiger partial charge in [0, 0.05) is 55.0 Å². The molecule has 0 saturated heterocycles. The van der Waals surface area contributed by atoms with E-state index in [4.69, 9.17) is 16.3 Å². The molecule has 1 saturated carbocycles. The van der Waals surface area contributed by atoms with Gasteiger partial charge in [-0.15, -0.1) is 0 Å². The highest BCUT2D eigenvalue weighted by atomic mass is 35.5. The van der Waals surface area contributed by atoms with Gasteiger partial charge >= 0.3 is 12.2 Å². The quantitative estimate of drug-likeness (QED) is 0.0996. The molecule has 0 spiro atoms. The summed E-state index contributed by atoms with van der Waals surface area (Å²) in [6, 6.07) is 15.6. The van der Waals surface area contributed by atoms with Crippen molar-refractivity contribution in [1.82, 2.24) is 20.6 Å². The highest BCUT2D eigenvalue weighted by Gasteiger charge is 2.43. The van der Waals surface area contributed by atoms with Crippen LogP contribution in [-0.4, -0.2) is 40.9 Å². The number of anilines is 2. The zero-order valence-corrected chi connectivity index (χ0v) is 27.0. The van der Waals surface area contributed by atoms with Gasteiger partial charge < -0.3 is 26.0 Å². The van der Waals surface area contributed by atoms with E-state index in [1.165, 1.54) is 18.3 Å². The first-order valence-corrected chi connectivity index (χ1v) is 16.1. The average Bonchev–Trinajstić information content (AvgIpc) is 3.89. The van der Waals surface area contributed by atoms with Crippen LogP contribution in [0.15, 0.2) is 85.3 Å². The number of halogens is 4. The van der Waals surface area contributed by atoms with E-state index in [1.807, 2.05) is 18.3 Å². The fourth-order valence-corrected chi connectivity index (χ4v) is 5.37. The van der Waals surface area contributed by atoms with Gasteiger partial charge in [-0.2, -0.15) is 13.2 Å². The van der Waals surface area contributed by atoms with Crippen LogP contribution in [-0.2, 0) is 11.0 Å². The van der Waals surface area contributed by atoms with E-state index in [0.29, 0.717) is 30.3 Å². The predicted molar refractivity (Wildman–Crippen MR) is 179 cm³/mol. The van der Waals surface area contributed by atoms with Crippen molar-refractivity contribution in [1.29, 1.82) is 0 Å². The average molecular weight is 695 g/mol. The molecule has 0 radical (unpaired) electrons. The fraction of sp³-hybridized carbons (Fsp3) is 0.286. The Hall–Kier alpha value is -5.17. The molecule has 256 valence electrons. The molecule has 14 heteroatoms. The maximum Gasteiger partial charge on any atom is 0.417 e. The summed E-state index contributed by atoms with van der Waals surface area (Å²) in [5, 5.41) is 10.3. The van der Waals surface area contributed by atoms with Gasteiger partial charge in [0.05, 0.1) is 10.6 Å². The van der Waals surface area contributed by atoms with Crippen LogP contribution in [0.1, 0.15) is 59.6 Å². The number of amides is 4. The first-order valence-electron chi connectivity index (χ1n) is 15.7. The van der Waals surface area contributed by atoms with Gasteiger partial charge in [-0.3, -0.25) is 19.6 Å². The van der Waals surface area contributed by atoms with Gasteiger partial charge in [-0.05, 0) is 85.3 Å². The van der Waals surface area contributed by atoms with Gasteiger partial charge in [0.2, 0.25) is 5.91 Å². The Morgan fingerprint density at radius 2 is 1.55 bits per heavy atom. The summed E-state index contributed by atoms with van der Waals surface area (Å²) in [4.78, 5) is 45.6. The van der Waals surface area contributed by atoms with E-state index in [9.17, 15) is 27.6 Å². The highest BCUT2D eigenvalue weighted by molar-refractivity contribution is 6.31. The van der Waals surface area contributed by atoms with Crippen molar-refractivity contribution in [2.45, 2.75) is 44.2 Å².